The van der Waals surface area contributed by atoms with Crippen LogP contribution >= 0.6 is 0 Å². The minimum Gasteiger partial charge on any atom is -0.398 e. The molecule has 2 aromatic rings. The van der Waals surface area contributed by atoms with Crippen molar-refractivity contribution in [1.82, 2.24) is 0 Å². The van der Waals surface area contributed by atoms with E-state index in [1.54, 1.807) is 6.07 Å². The maximum atomic E-state index is 12.6. The van der Waals surface area contributed by atoms with Crippen LogP contribution in [-0.4, -0.2) is 5.78 Å². The molecule has 20 heavy (non-hydrogen) atoms. The molecule has 2 aromatic carbocycles. The number of hydrogen-bond acceptors (Lipinski definition) is 2. The number of hydrogen-bond donors (Lipinski definition) is 1. The number of anilines is 1. The molecule has 0 saturated carbocycles. The molecule has 0 heterocycles. The van der Waals surface area contributed by atoms with Crippen molar-refractivity contribution in [3.8, 4) is 0 Å². The van der Waals surface area contributed by atoms with Gasteiger partial charge in [0.05, 0.1) is 0 Å². The van der Waals surface area contributed by atoms with E-state index in [1.165, 1.54) is 5.56 Å². The Morgan fingerprint density at radius 3 is 2.15 bits per heavy atom. The fraction of sp³-hybridized carbons (Fsp3) is 0.278. The van der Waals surface area contributed by atoms with Crippen LogP contribution < -0.4 is 5.73 Å². The number of benzene rings is 2. The molecule has 2 heteroatoms. The minimum absolute atomic E-state index is 0.0320. The number of ketones is 1. The summed E-state index contributed by atoms with van der Waals surface area (Å²) in [4.78, 5) is 12.6. The van der Waals surface area contributed by atoms with Gasteiger partial charge in [-0.15, -0.1) is 0 Å². The van der Waals surface area contributed by atoms with Crippen molar-refractivity contribution in [3.63, 3.8) is 0 Å². The van der Waals surface area contributed by atoms with Crippen LogP contribution in [0.1, 0.15) is 52.4 Å². The predicted molar refractivity (Wildman–Crippen MR) is 84.3 cm³/mol. The van der Waals surface area contributed by atoms with Crippen molar-refractivity contribution < 1.29 is 4.79 Å². The standard InChI is InChI=1S/C18H21NO/c1-11(2)14-5-7-15(8-6-14)18(20)16-10-17(19)13(4)9-12(16)3/h5-11H,19H2,1-4H3. The highest BCUT2D eigenvalue weighted by Crippen LogP contribution is 2.22. The summed E-state index contributed by atoms with van der Waals surface area (Å²) in [6, 6.07) is 11.6. The Morgan fingerprint density at radius 1 is 1.00 bits per heavy atom. The third kappa shape index (κ3) is 2.74. The second-order valence-corrected chi connectivity index (χ2v) is 5.63. The molecule has 0 aromatic heterocycles. The van der Waals surface area contributed by atoms with Crippen LogP contribution in [0.15, 0.2) is 36.4 Å². The summed E-state index contributed by atoms with van der Waals surface area (Å²) in [6.45, 7) is 8.18. The van der Waals surface area contributed by atoms with E-state index in [0.29, 0.717) is 22.7 Å². The van der Waals surface area contributed by atoms with Crippen molar-refractivity contribution in [1.29, 1.82) is 0 Å². The molecule has 0 saturated heterocycles. The lowest BCUT2D eigenvalue weighted by Gasteiger charge is -2.10. The molecule has 0 radical (unpaired) electrons. The van der Waals surface area contributed by atoms with Gasteiger partial charge in [-0.1, -0.05) is 44.2 Å². The highest BCUT2D eigenvalue weighted by atomic mass is 16.1. The first kappa shape index (κ1) is 14.3. The maximum Gasteiger partial charge on any atom is 0.193 e. The molecule has 2 nitrogen and oxygen atoms in total. The van der Waals surface area contributed by atoms with Gasteiger partial charge in [0.25, 0.3) is 0 Å². The summed E-state index contributed by atoms with van der Waals surface area (Å²) in [5.74, 6) is 0.500. The van der Waals surface area contributed by atoms with Crippen molar-refractivity contribution in [2.24, 2.45) is 0 Å². The maximum absolute atomic E-state index is 12.6. The molecule has 0 atom stereocenters. The first-order chi connectivity index (χ1) is 9.40. The van der Waals surface area contributed by atoms with Gasteiger partial charge in [-0.25, -0.2) is 0 Å². The number of aryl methyl sites for hydroxylation is 2. The first-order valence-electron chi connectivity index (χ1n) is 6.91. The van der Waals surface area contributed by atoms with E-state index in [4.69, 9.17) is 5.73 Å². The van der Waals surface area contributed by atoms with E-state index in [2.05, 4.69) is 13.8 Å². The lowest BCUT2D eigenvalue weighted by atomic mass is 9.94. The van der Waals surface area contributed by atoms with Crippen molar-refractivity contribution >= 4 is 11.5 Å². The van der Waals surface area contributed by atoms with Gasteiger partial charge in [0, 0.05) is 16.8 Å². The number of nitrogens with two attached hydrogens (primary N) is 1. The van der Waals surface area contributed by atoms with E-state index in [-0.39, 0.29) is 5.78 Å². The first-order valence-corrected chi connectivity index (χ1v) is 6.91. The Morgan fingerprint density at radius 2 is 1.60 bits per heavy atom. The largest absolute Gasteiger partial charge is 0.398 e. The van der Waals surface area contributed by atoms with E-state index >= 15 is 0 Å². The summed E-state index contributed by atoms with van der Waals surface area (Å²) < 4.78 is 0. The number of carbonyl (C=O) groups excluding carboxylic acids is 1. The third-order valence-corrected chi connectivity index (χ3v) is 3.70. The zero-order chi connectivity index (χ0) is 14.9. The van der Waals surface area contributed by atoms with E-state index in [9.17, 15) is 4.79 Å². The Bertz CT molecular complexity index is 639. The molecule has 104 valence electrons. The smallest absolute Gasteiger partial charge is 0.193 e. The summed E-state index contributed by atoms with van der Waals surface area (Å²) in [5, 5.41) is 0. The molecular formula is C18H21NO. The van der Waals surface area contributed by atoms with E-state index < -0.39 is 0 Å². The van der Waals surface area contributed by atoms with Gasteiger partial charge in [-0.05, 0) is 42.5 Å². The Balaban J connectivity index is 2.38. The van der Waals surface area contributed by atoms with Gasteiger partial charge in [0.15, 0.2) is 5.78 Å². The lowest BCUT2D eigenvalue weighted by Crippen LogP contribution is -2.06. The van der Waals surface area contributed by atoms with Crippen LogP contribution in [-0.2, 0) is 0 Å². The molecule has 0 fully saturated rings. The summed E-state index contributed by atoms with van der Waals surface area (Å²) >= 11 is 0. The fourth-order valence-electron chi connectivity index (χ4n) is 2.29. The monoisotopic (exact) mass is 267 g/mol. The van der Waals surface area contributed by atoms with Crippen LogP contribution in [0.3, 0.4) is 0 Å². The van der Waals surface area contributed by atoms with Crippen LogP contribution in [0, 0.1) is 13.8 Å². The second kappa shape index (κ2) is 5.49. The summed E-state index contributed by atoms with van der Waals surface area (Å²) in [6.07, 6.45) is 0. The van der Waals surface area contributed by atoms with Crippen LogP contribution in [0.25, 0.3) is 0 Å². The quantitative estimate of drug-likeness (QED) is 0.667. The van der Waals surface area contributed by atoms with E-state index in [1.807, 2.05) is 44.2 Å². The Hall–Kier alpha value is -2.09. The van der Waals surface area contributed by atoms with Crippen molar-refractivity contribution in [2.75, 3.05) is 5.73 Å². The van der Waals surface area contributed by atoms with Gasteiger partial charge in [0.2, 0.25) is 0 Å². The molecule has 0 amide bonds. The fourth-order valence-corrected chi connectivity index (χ4v) is 2.29. The average molecular weight is 267 g/mol. The van der Waals surface area contributed by atoms with E-state index in [0.717, 1.165) is 11.1 Å². The summed E-state index contributed by atoms with van der Waals surface area (Å²) in [5.41, 5.74) is 11.2. The topological polar surface area (TPSA) is 43.1 Å². The number of nitrogen functional groups attached to an aromatic ring is 1. The van der Waals surface area contributed by atoms with Crippen molar-refractivity contribution in [2.45, 2.75) is 33.6 Å². The van der Waals surface area contributed by atoms with Crippen molar-refractivity contribution in [3.05, 3.63) is 64.2 Å². The number of rotatable bonds is 3. The molecule has 0 bridgehead atoms. The van der Waals surface area contributed by atoms with Crippen LogP contribution in [0.2, 0.25) is 0 Å². The minimum atomic E-state index is 0.0320. The van der Waals surface area contributed by atoms with Crippen LogP contribution in [0.5, 0.6) is 0 Å². The van der Waals surface area contributed by atoms with Gasteiger partial charge in [-0.2, -0.15) is 0 Å². The third-order valence-electron chi connectivity index (χ3n) is 3.70. The average Bonchev–Trinajstić information content (AvgIpc) is 2.42. The molecule has 2 N–H and O–H groups in total. The molecular weight excluding hydrogens is 246 g/mol. The molecule has 0 aliphatic rings. The Kier molecular flexibility index (Phi) is 3.93. The zero-order valence-corrected chi connectivity index (χ0v) is 12.5. The molecule has 0 spiro atoms. The lowest BCUT2D eigenvalue weighted by molar-refractivity contribution is 0.103. The Labute approximate surface area is 120 Å². The molecule has 0 aliphatic carbocycles. The van der Waals surface area contributed by atoms with Gasteiger partial charge in [0.1, 0.15) is 0 Å². The number of carbonyl (C=O) groups is 1. The molecule has 2 rings (SSSR count). The summed E-state index contributed by atoms with van der Waals surface area (Å²) in [7, 11) is 0. The normalized spacial score (nSPS) is 10.8. The van der Waals surface area contributed by atoms with Crippen LogP contribution in [0.4, 0.5) is 5.69 Å². The molecule has 0 unspecified atom stereocenters. The highest BCUT2D eigenvalue weighted by Gasteiger charge is 2.13. The second-order valence-electron chi connectivity index (χ2n) is 5.63. The predicted octanol–water partition coefficient (Wildman–Crippen LogP) is 4.24. The zero-order valence-electron chi connectivity index (χ0n) is 12.5. The molecule has 0 aliphatic heterocycles. The van der Waals surface area contributed by atoms with Gasteiger partial charge < -0.3 is 5.73 Å². The van der Waals surface area contributed by atoms with Gasteiger partial charge in [-0.3, -0.25) is 4.79 Å². The van der Waals surface area contributed by atoms with Gasteiger partial charge >= 0.3 is 0 Å². The highest BCUT2D eigenvalue weighted by molar-refractivity contribution is 6.10. The SMILES string of the molecule is Cc1cc(C)c(C(=O)c2ccc(C(C)C)cc2)cc1N.